The third-order valence-corrected chi connectivity index (χ3v) is 2.73. The summed E-state index contributed by atoms with van der Waals surface area (Å²) in [4.78, 5) is 4.09. The number of nitrogens with two attached hydrogens (primary N) is 1. The summed E-state index contributed by atoms with van der Waals surface area (Å²) >= 11 is 0. The third kappa shape index (κ3) is 1.66. The van der Waals surface area contributed by atoms with Gasteiger partial charge in [0.15, 0.2) is 11.6 Å². The van der Waals surface area contributed by atoms with E-state index in [0.717, 1.165) is 28.3 Å². The number of nitrogens with one attached hydrogen (secondary N) is 1. The summed E-state index contributed by atoms with van der Waals surface area (Å²) in [6.07, 6.45) is 3.47. The molecule has 3 heterocycles. The predicted molar refractivity (Wildman–Crippen MR) is 68.7 cm³/mol. The lowest BCUT2D eigenvalue weighted by molar-refractivity contribution is 0.546. The number of hydrogen-bond acceptors (Lipinski definition) is 4. The minimum atomic E-state index is 0.437. The topological polar surface area (TPSA) is 80.7 Å². The maximum Gasteiger partial charge on any atom is 0.153 e. The Morgan fingerprint density at radius 1 is 1.28 bits per heavy atom. The van der Waals surface area contributed by atoms with Crippen molar-refractivity contribution < 1.29 is 4.42 Å². The number of hydrogen-bond donors (Lipinski definition) is 2. The van der Waals surface area contributed by atoms with E-state index in [-0.39, 0.29) is 0 Å². The molecule has 3 aromatic rings. The number of rotatable bonds is 2. The third-order valence-electron chi connectivity index (χ3n) is 2.73. The number of furan rings is 1. The molecule has 0 fully saturated rings. The Kier molecular flexibility index (Phi) is 2.37. The molecule has 0 aromatic carbocycles. The summed E-state index contributed by atoms with van der Waals surface area (Å²) in [5.74, 6) is 2.00. The molecule has 5 heteroatoms. The van der Waals surface area contributed by atoms with Gasteiger partial charge in [-0.3, -0.25) is 10.1 Å². The van der Waals surface area contributed by atoms with Crippen LogP contribution in [0.4, 0.5) is 5.82 Å². The Morgan fingerprint density at radius 2 is 2.17 bits per heavy atom. The van der Waals surface area contributed by atoms with Crippen LogP contribution >= 0.6 is 0 Å². The van der Waals surface area contributed by atoms with Crippen LogP contribution in [0.3, 0.4) is 0 Å². The van der Waals surface area contributed by atoms with Gasteiger partial charge in [-0.15, -0.1) is 0 Å². The lowest BCUT2D eigenvalue weighted by Gasteiger charge is -2.01. The first-order valence-corrected chi connectivity index (χ1v) is 5.57. The van der Waals surface area contributed by atoms with E-state index in [4.69, 9.17) is 10.2 Å². The van der Waals surface area contributed by atoms with Gasteiger partial charge in [0.25, 0.3) is 0 Å². The molecule has 0 amide bonds. The van der Waals surface area contributed by atoms with Crippen LogP contribution in [0.15, 0.2) is 41.1 Å². The van der Waals surface area contributed by atoms with Crippen LogP contribution < -0.4 is 5.73 Å². The molecule has 0 saturated carbocycles. The van der Waals surface area contributed by atoms with Crippen molar-refractivity contribution in [3.05, 3.63) is 42.4 Å². The van der Waals surface area contributed by atoms with E-state index in [1.165, 1.54) is 0 Å². The van der Waals surface area contributed by atoms with E-state index in [1.807, 2.05) is 31.2 Å². The zero-order valence-corrected chi connectivity index (χ0v) is 9.84. The van der Waals surface area contributed by atoms with E-state index in [9.17, 15) is 0 Å². The number of aromatic nitrogens is 3. The molecular weight excluding hydrogens is 228 g/mol. The van der Waals surface area contributed by atoms with Gasteiger partial charge in [-0.2, -0.15) is 5.10 Å². The number of aryl methyl sites for hydroxylation is 1. The average molecular weight is 240 g/mol. The number of anilines is 1. The summed E-state index contributed by atoms with van der Waals surface area (Å²) in [7, 11) is 0. The summed E-state index contributed by atoms with van der Waals surface area (Å²) in [5, 5.41) is 6.95. The molecule has 0 bridgehead atoms. The molecule has 18 heavy (non-hydrogen) atoms. The Hall–Kier alpha value is -2.56. The zero-order valence-electron chi connectivity index (χ0n) is 9.84. The van der Waals surface area contributed by atoms with Crippen LogP contribution in [0.1, 0.15) is 5.76 Å². The zero-order chi connectivity index (χ0) is 12.5. The Bertz CT molecular complexity index is 669. The maximum atomic E-state index is 5.91. The van der Waals surface area contributed by atoms with E-state index in [1.54, 1.807) is 12.4 Å². The molecule has 0 unspecified atom stereocenters. The Balaban J connectivity index is 2.18. The highest BCUT2D eigenvalue weighted by molar-refractivity contribution is 5.85. The molecule has 90 valence electrons. The van der Waals surface area contributed by atoms with Crippen molar-refractivity contribution in [1.82, 2.24) is 15.2 Å². The molecule has 3 N–H and O–H groups in total. The Morgan fingerprint density at radius 3 is 2.83 bits per heavy atom. The second-order valence-electron chi connectivity index (χ2n) is 4.01. The molecule has 0 radical (unpaired) electrons. The summed E-state index contributed by atoms with van der Waals surface area (Å²) in [6, 6.07) is 7.59. The monoisotopic (exact) mass is 240 g/mol. The summed E-state index contributed by atoms with van der Waals surface area (Å²) < 4.78 is 5.60. The molecule has 0 spiro atoms. The quantitative estimate of drug-likeness (QED) is 0.721. The smallest absolute Gasteiger partial charge is 0.153 e. The SMILES string of the molecule is Cc1ccc(-c2[nH]nc(N)c2-c2cccnc2)o1. The fourth-order valence-corrected chi connectivity index (χ4v) is 1.91. The number of nitrogens with zero attached hydrogens (tertiary/aromatic N) is 2. The molecule has 5 nitrogen and oxygen atoms in total. The highest BCUT2D eigenvalue weighted by atomic mass is 16.3. The van der Waals surface area contributed by atoms with Crippen LogP contribution in [0.2, 0.25) is 0 Å². The second kappa shape index (κ2) is 4.03. The van der Waals surface area contributed by atoms with Crippen LogP contribution in [0.25, 0.3) is 22.6 Å². The van der Waals surface area contributed by atoms with Crippen LogP contribution in [0.5, 0.6) is 0 Å². The molecule has 0 saturated heterocycles. The molecule has 0 atom stereocenters. The van der Waals surface area contributed by atoms with E-state index >= 15 is 0 Å². The van der Waals surface area contributed by atoms with Gasteiger partial charge in [0.2, 0.25) is 0 Å². The van der Waals surface area contributed by atoms with Gasteiger partial charge in [-0.1, -0.05) is 6.07 Å². The molecule has 0 aliphatic heterocycles. The van der Waals surface area contributed by atoms with Crippen LogP contribution in [0, 0.1) is 6.92 Å². The first kappa shape index (κ1) is 10.6. The van der Waals surface area contributed by atoms with E-state index < -0.39 is 0 Å². The van der Waals surface area contributed by atoms with Gasteiger partial charge in [0, 0.05) is 18.0 Å². The molecule has 3 aromatic heterocycles. The largest absolute Gasteiger partial charge is 0.460 e. The first-order chi connectivity index (χ1) is 8.75. The maximum absolute atomic E-state index is 5.91. The van der Waals surface area contributed by atoms with Gasteiger partial charge >= 0.3 is 0 Å². The second-order valence-corrected chi connectivity index (χ2v) is 4.01. The standard InChI is InChI=1S/C13H12N4O/c1-8-4-5-10(18-8)12-11(13(14)17-16-12)9-3-2-6-15-7-9/h2-7H,1H3,(H3,14,16,17). The van der Waals surface area contributed by atoms with Gasteiger partial charge < -0.3 is 10.2 Å². The number of nitrogen functional groups attached to an aromatic ring is 1. The highest BCUT2D eigenvalue weighted by Crippen LogP contribution is 2.34. The van der Waals surface area contributed by atoms with Crippen molar-refractivity contribution in [3.63, 3.8) is 0 Å². The van der Waals surface area contributed by atoms with Crippen LogP contribution in [-0.2, 0) is 0 Å². The van der Waals surface area contributed by atoms with Gasteiger partial charge in [-0.25, -0.2) is 0 Å². The minimum Gasteiger partial charge on any atom is -0.460 e. The first-order valence-electron chi connectivity index (χ1n) is 5.57. The normalized spacial score (nSPS) is 10.7. The molecular formula is C13H12N4O. The molecule has 3 rings (SSSR count). The number of H-pyrrole nitrogens is 1. The van der Waals surface area contributed by atoms with Crippen molar-refractivity contribution in [2.75, 3.05) is 5.73 Å². The predicted octanol–water partition coefficient (Wildman–Crippen LogP) is 2.62. The van der Waals surface area contributed by atoms with Crippen molar-refractivity contribution in [1.29, 1.82) is 0 Å². The van der Waals surface area contributed by atoms with Gasteiger partial charge in [-0.05, 0) is 25.1 Å². The fourth-order valence-electron chi connectivity index (χ4n) is 1.91. The van der Waals surface area contributed by atoms with Crippen LogP contribution in [-0.4, -0.2) is 15.2 Å². The van der Waals surface area contributed by atoms with Crippen molar-refractivity contribution in [3.8, 4) is 22.6 Å². The van der Waals surface area contributed by atoms with Gasteiger partial charge in [0.05, 0.1) is 5.56 Å². The summed E-state index contributed by atoms with van der Waals surface area (Å²) in [5.41, 5.74) is 8.40. The van der Waals surface area contributed by atoms with Crippen molar-refractivity contribution in [2.24, 2.45) is 0 Å². The molecule has 0 aliphatic rings. The minimum absolute atomic E-state index is 0.437. The highest BCUT2D eigenvalue weighted by Gasteiger charge is 2.16. The molecule has 0 aliphatic carbocycles. The lowest BCUT2D eigenvalue weighted by Crippen LogP contribution is -1.88. The van der Waals surface area contributed by atoms with E-state index in [0.29, 0.717) is 5.82 Å². The number of aromatic amines is 1. The lowest BCUT2D eigenvalue weighted by atomic mass is 10.1. The Labute approximate surface area is 104 Å². The van der Waals surface area contributed by atoms with E-state index in [2.05, 4.69) is 15.2 Å². The summed E-state index contributed by atoms with van der Waals surface area (Å²) in [6.45, 7) is 1.90. The fraction of sp³-hybridized carbons (Fsp3) is 0.0769. The number of pyridine rings is 1. The van der Waals surface area contributed by atoms with Gasteiger partial charge in [0.1, 0.15) is 11.5 Å². The van der Waals surface area contributed by atoms with Crippen molar-refractivity contribution in [2.45, 2.75) is 6.92 Å². The average Bonchev–Trinajstić information content (AvgIpc) is 2.96. The van der Waals surface area contributed by atoms with Crippen molar-refractivity contribution >= 4 is 5.82 Å².